The van der Waals surface area contributed by atoms with Gasteiger partial charge in [-0.3, -0.25) is 5.73 Å². The lowest BCUT2D eigenvalue weighted by molar-refractivity contribution is -0.351. The predicted molar refractivity (Wildman–Crippen MR) is 83.6 cm³/mol. The monoisotopic (exact) mass is 283 g/mol. The lowest BCUT2D eigenvalue weighted by Gasteiger charge is -1.94. The van der Waals surface area contributed by atoms with E-state index in [0.29, 0.717) is 10.9 Å². The number of H-pyrrole nitrogens is 1. The summed E-state index contributed by atoms with van der Waals surface area (Å²) in [4.78, 5) is 11.0. The van der Waals surface area contributed by atoms with E-state index in [1.54, 1.807) is 0 Å². The summed E-state index contributed by atoms with van der Waals surface area (Å²) >= 11 is 1.53. The van der Waals surface area contributed by atoms with E-state index in [9.17, 15) is 0 Å². The number of nitrogens with one attached hydrogen (secondary N) is 2. The van der Waals surface area contributed by atoms with Gasteiger partial charge in [-0.1, -0.05) is 30.3 Å². The molecule has 0 bridgehead atoms. The molecule has 0 spiro atoms. The van der Waals surface area contributed by atoms with Crippen molar-refractivity contribution >= 4 is 33.7 Å². The van der Waals surface area contributed by atoms with Gasteiger partial charge in [-0.05, 0) is 36.0 Å². The van der Waals surface area contributed by atoms with E-state index in [1.165, 1.54) is 11.8 Å². The number of thioether (sulfide) groups is 1. The van der Waals surface area contributed by atoms with Crippen molar-refractivity contribution in [3.63, 3.8) is 0 Å². The largest absolute Gasteiger partial charge is 0.341 e. The number of hydrogen-bond acceptors (Lipinski definition) is 2. The SMILES string of the molecule is NC(=[NH+]c1ccccc1)SCc1nc2ccccc2[nH]1. The molecule has 0 radical (unpaired) electrons. The zero-order valence-electron chi connectivity index (χ0n) is 10.8. The van der Waals surface area contributed by atoms with E-state index < -0.39 is 0 Å². The summed E-state index contributed by atoms with van der Waals surface area (Å²) in [6, 6.07) is 17.9. The minimum absolute atomic E-state index is 0.664. The first-order valence-electron chi connectivity index (χ1n) is 6.32. The summed E-state index contributed by atoms with van der Waals surface area (Å²) in [7, 11) is 0. The van der Waals surface area contributed by atoms with E-state index >= 15 is 0 Å². The molecule has 0 aliphatic carbocycles. The van der Waals surface area contributed by atoms with Gasteiger partial charge in [-0.25, -0.2) is 9.98 Å². The molecule has 0 aliphatic rings. The number of fused-ring (bicyclic) bond motifs is 1. The molecular formula is C15H15N4S+. The second-order valence-electron chi connectivity index (χ2n) is 4.34. The molecule has 0 saturated carbocycles. The third kappa shape index (κ3) is 3.00. The number of amidine groups is 1. The van der Waals surface area contributed by atoms with E-state index in [0.717, 1.165) is 22.5 Å². The molecule has 0 aliphatic heterocycles. The first kappa shape index (κ1) is 12.7. The van der Waals surface area contributed by atoms with Crippen molar-refractivity contribution in [3.8, 4) is 0 Å². The van der Waals surface area contributed by atoms with Crippen LogP contribution in [0.15, 0.2) is 54.6 Å². The van der Waals surface area contributed by atoms with Gasteiger partial charge in [0.25, 0.3) is 0 Å². The predicted octanol–water partition coefficient (Wildman–Crippen LogP) is 1.52. The molecule has 0 saturated heterocycles. The van der Waals surface area contributed by atoms with E-state index in [2.05, 4.69) is 15.0 Å². The van der Waals surface area contributed by atoms with Crippen molar-refractivity contribution < 1.29 is 4.99 Å². The Morgan fingerprint density at radius 3 is 2.65 bits per heavy atom. The number of aromatic amines is 1. The van der Waals surface area contributed by atoms with Crippen molar-refractivity contribution in [1.82, 2.24) is 9.97 Å². The highest BCUT2D eigenvalue weighted by Gasteiger charge is 2.06. The van der Waals surface area contributed by atoms with Gasteiger partial charge in [0.15, 0.2) is 0 Å². The number of rotatable bonds is 3. The minimum atomic E-state index is 0.664. The molecule has 100 valence electrons. The highest BCUT2D eigenvalue weighted by atomic mass is 32.2. The standard InChI is InChI=1S/C15H14N4S/c16-15(17-11-6-2-1-3-7-11)20-10-14-18-12-8-4-5-9-13(12)19-14/h1-9H,10H2,(H2,16,17)(H,18,19)/p+1. The van der Waals surface area contributed by atoms with Gasteiger partial charge in [0.1, 0.15) is 11.5 Å². The first-order valence-corrected chi connectivity index (χ1v) is 7.31. The van der Waals surface area contributed by atoms with Crippen LogP contribution < -0.4 is 10.7 Å². The van der Waals surface area contributed by atoms with E-state index in [-0.39, 0.29) is 0 Å². The molecule has 0 amide bonds. The molecule has 20 heavy (non-hydrogen) atoms. The quantitative estimate of drug-likeness (QED) is 0.504. The Labute approximate surface area is 121 Å². The number of nitrogens with zero attached hydrogens (tertiary/aromatic N) is 1. The van der Waals surface area contributed by atoms with Gasteiger partial charge >= 0.3 is 5.17 Å². The van der Waals surface area contributed by atoms with Gasteiger partial charge in [-0.15, -0.1) is 0 Å². The zero-order valence-corrected chi connectivity index (χ0v) is 11.7. The summed E-state index contributed by atoms with van der Waals surface area (Å²) in [5, 5.41) is 0.664. The smallest absolute Gasteiger partial charge is 0.307 e. The minimum Gasteiger partial charge on any atom is -0.341 e. The van der Waals surface area contributed by atoms with Crippen molar-refractivity contribution in [2.75, 3.05) is 0 Å². The molecule has 3 rings (SSSR count). The molecule has 2 aromatic carbocycles. The Hall–Kier alpha value is -2.27. The molecule has 1 aromatic heterocycles. The van der Waals surface area contributed by atoms with Gasteiger partial charge < -0.3 is 4.98 Å². The number of para-hydroxylation sites is 3. The van der Waals surface area contributed by atoms with E-state index in [4.69, 9.17) is 5.73 Å². The van der Waals surface area contributed by atoms with Crippen LogP contribution in [0.5, 0.6) is 0 Å². The first-order chi connectivity index (χ1) is 9.81. The van der Waals surface area contributed by atoms with Crippen LogP contribution in [0.3, 0.4) is 0 Å². The van der Waals surface area contributed by atoms with Crippen LogP contribution in [0, 0.1) is 0 Å². The maximum Gasteiger partial charge on any atom is 0.307 e. The second kappa shape index (κ2) is 5.79. The Morgan fingerprint density at radius 2 is 1.85 bits per heavy atom. The second-order valence-corrected chi connectivity index (χ2v) is 5.36. The number of benzene rings is 2. The van der Waals surface area contributed by atoms with Gasteiger partial charge in [0.05, 0.1) is 16.8 Å². The average molecular weight is 283 g/mol. The van der Waals surface area contributed by atoms with Gasteiger partial charge in [0.2, 0.25) is 0 Å². The molecule has 0 atom stereocenters. The highest BCUT2D eigenvalue weighted by molar-refractivity contribution is 8.12. The number of hydrogen-bond donors (Lipinski definition) is 3. The van der Waals surface area contributed by atoms with Crippen molar-refractivity contribution in [1.29, 1.82) is 0 Å². The number of imidazole rings is 1. The van der Waals surface area contributed by atoms with Crippen LogP contribution >= 0.6 is 11.8 Å². The molecule has 1 heterocycles. The van der Waals surface area contributed by atoms with Crippen molar-refractivity contribution in [2.45, 2.75) is 5.75 Å². The van der Waals surface area contributed by atoms with Crippen LogP contribution in [-0.4, -0.2) is 15.1 Å². The van der Waals surface area contributed by atoms with Crippen molar-refractivity contribution in [3.05, 3.63) is 60.4 Å². The Balaban J connectivity index is 1.68. The Morgan fingerprint density at radius 1 is 1.10 bits per heavy atom. The van der Waals surface area contributed by atoms with Gasteiger partial charge in [0, 0.05) is 0 Å². The van der Waals surface area contributed by atoms with Crippen LogP contribution in [0.2, 0.25) is 0 Å². The summed E-state index contributed by atoms with van der Waals surface area (Å²) in [5.41, 5.74) is 9.00. The lowest BCUT2D eigenvalue weighted by Crippen LogP contribution is -2.68. The van der Waals surface area contributed by atoms with Crippen LogP contribution in [0.25, 0.3) is 11.0 Å². The van der Waals surface area contributed by atoms with Crippen LogP contribution in [0.1, 0.15) is 5.82 Å². The summed E-state index contributed by atoms with van der Waals surface area (Å²) in [5.74, 6) is 1.63. The highest BCUT2D eigenvalue weighted by Crippen LogP contribution is 2.14. The third-order valence-electron chi connectivity index (χ3n) is 2.84. The van der Waals surface area contributed by atoms with Gasteiger partial charge in [-0.2, -0.15) is 0 Å². The Bertz CT molecular complexity index is 701. The maximum absolute atomic E-state index is 5.97. The molecule has 4 nitrogen and oxygen atoms in total. The molecule has 5 heteroatoms. The van der Waals surface area contributed by atoms with Crippen LogP contribution in [0.4, 0.5) is 5.69 Å². The fourth-order valence-corrected chi connectivity index (χ4v) is 2.54. The van der Waals surface area contributed by atoms with E-state index in [1.807, 2.05) is 54.6 Å². The average Bonchev–Trinajstić information content (AvgIpc) is 2.89. The topological polar surface area (TPSA) is 68.7 Å². The normalized spacial score (nSPS) is 11.9. The van der Waals surface area contributed by atoms with Crippen LogP contribution in [-0.2, 0) is 5.75 Å². The fraction of sp³-hybridized carbons (Fsp3) is 0.0667. The Kier molecular flexibility index (Phi) is 3.69. The summed E-state index contributed by atoms with van der Waals surface area (Å²) in [6.07, 6.45) is 0. The van der Waals surface area contributed by atoms with Crippen molar-refractivity contribution in [2.24, 2.45) is 5.73 Å². The fourth-order valence-electron chi connectivity index (χ4n) is 1.92. The molecule has 4 N–H and O–H groups in total. The zero-order chi connectivity index (χ0) is 13.8. The third-order valence-corrected chi connectivity index (χ3v) is 3.67. The number of nitrogens with two attached hydrogens (primary N) is 1. The number of aromatic nitrogens is 2. The summed E-state index contributed by atoms with van der Waals surface area (Å²) in [6.45, 7) is 0. The maximum atomic E-state index is 5.97. The summed E-state index contributed by atoms with van der Waals surface area (Å²) < 4.78 is 0. The lowest BCUT2D eigenvalue weighted by atomic mass is 10.3. The molecule has 3 aromatic rings. The molecular weight excluding hydrogens is 268 g/mol. The molecule has 0 unspecified atom stereocenters. The molecule has 0 fully saturated rings.